The Morgan fingerprint density at radius 2 is 1.94 bits per heavy atom. The van der Waals surface area contributed by atoms with Gasteiger partial charge in [0.1, 0.15) is 0 Å². The van der Waals surface area contributed by atoms with Gasteiger partial charge in [-0.05, 0) is 49.2 Å². The lowest BCUT2D eigenvalue weighted by Crippen LogP contribution is -2.33. The molecule has 0 radical (unpaired) electrons. The van der Waals surface area contributed by atoms with E-state index in [1.165, 1.54) is 12.5 Å². The number of benzene rings is 2. The Hall–Kier alpha value is -4.19. The monoisotopic (exact) mass is 472 g/mol. The maximum Gasteiger partial charge on any atom is 0.258 e. The van der Waals surface area contributed by atoms with Gasteiger partial charge >= 0.3 is 0 Å². The van der Waals surface area contributed by atoms with Crippen LogP contribution < -0.4 is 16.0 Å². The van der Waals surface area contributed by atoms with Gasteiger partial charge in [-0.15, -0.1) is 0 Å². The second-order valence-corrected chi connectivity index (χ2v) is 8.86. The molecule has 0 spiro atoms. The van der Waals surface area contributed by atoms with Crippen LogP contribution in [-0.4, -0.2) is 34.3 Å². The fourth-order valence-corrected chi connectivity index (χ4v) is 4.52. The van der Waals surface area contributed by atoms with Crippen molar-refractivity contribution in [2.24, 2.45) is 11.7 Å². The van der Waals surface area contributed by atoms with Crippen molar-refractivity contribution < 1.29 is 14.4 Å². The molecule has 2 aromatic carbocycles. The normalized spacial score (nSPS) is 13.8. The molecular formula is C26H28N6O3. The number of nitrogens with zero attached hydrogens (tertiary/aromatic N) is 4. The van der Waals surface area contributed by atoms with Crippen molar-refractivity contribution in [1.82, 2.24) is 9.55 Å². The molecule has 35 heavy (non-hydrogen) atoms. The number of hydrogen-bond acceptors (Lipinski definition) is 5. The summed E-state index contributed by atoms with van der Waals surface area (Å²) in [4.78, 5) is 43.7. The minimum atomic E-state index is -0.480. The van der Waals surface area contributed by atoms with Crippen LogP contribution in [0.25, 0.3) is 11.0 Å². The van der Waals surface area contributed by atoms with Crippen LogP contribution in [0.4, 0.5) is 11.6 Å². The molecule has 4 rings (SSSR count). The molecule has 1 aromatic heterocycles. The number of nitrogens with one attached hydrogen (secondary N) is 1. The Kier molecular flexibility index (Phi) is 7.11. The molecule has 0 unspecified atom stereocenters. The molecule has 0 aliphatic heterocycles. The Balaban J connectivity index is 1.66. The number of nitriles is 1. The largest absolute Gasteiger partial charge is 0.370 e. The highest BCUT2D eigenvalue weighted by molar-refractivity contribution is 6.04. The number of primary amides is 1. The third-order valence-corrected chi connectivity index (χ3v) is 6.47. The van der Waals surface area contributed by atoms with Crippen LogP contribution in [0.15, 0.2) is 42.5 Å². The summed E-state index contributed by atoms with van der Waals surface area (Å²) in [6.45, 7) is 0.212. The second kappa shape index (κ2) is 10.4. The van der Waals surface area contributed by atoms with E-state index in [1.807, 2.05) is 18.2 Å². The summed E-state index contributed by atoms with van der Waals surface area (Å²) < 4.78 is 1.72. The minimum absolute atomic E-state index is 0.0308. The average Bonchev–Trinajstić information content (AvgIpc) is 3.22. The van der Waals surface area contributed by atoms with Crippen LogP contribution in [0.5, 0.6) is 0 Å². The molecule has 1 aliphatic carbocycles. The van der Waals surface area contributed by atoms with E-state index < -0.39 is 11.8 Å². The van der Waals surface area contributed by atoms with Gasteiger partial charge in [0.25, 0.3) is 5.91 Å². The molecule has 180 valence electrons. The molecular weight excluding hydrogens is 444 g/mol. The molecule has 3 N–H and O–H groups in total. The molecule has 3 aromatic rings. The van der Waals surface area contributed by atoms with Crippen molar-refractivity contribution in [2.45, 2.75) is 45.1 Å². The molecule has 0 saturated heterocycles. The average molecular weight is 473 g/mol. The highest BCUT2D eigenvalue weighted by Crippen LogP contribution is 2.29. The molecule has 9 heteroatoms. The zero-order chi connectivity index (χ0) is 24.9. The number of carbonyl (C=O) groups is 3. The molecule has 1 heterocycles. The molecule has 0 atom stereocenters. The molecule has 0 bridgehead atoms. The number of aryl methyl sites for hydroxylation is 1. The summed E-state index contributed by atoms with van der Waals surface area (Å²) in [6.07, 6.45) is 5.19. The zero-order valence-corrected chi connectivity index (χ0v) is 19.7. The number of nitrogens with two attached hydrogens (primary N) is 1. The van der Waals surface area contributed by atoms with Gasteiger partial charge in [-0.2, -0.15) is 5.26 Å². The first-order valence-corrected chi connectivity index (χ1v) is 11.7. The van der Waals surface area contributed by atoms with Crippen LogP contribution in [-0.2, 0) is 16.1 Å². The summed E-state index contributed by atoms with van der Waals surface area (Å²) in [5, 5.41) is 11.9. The van der Waals surface area contributed by atoms with E-state index in [4.69, 9.17) is 11.0 Å². The number of aromatic nitrogens is 2. The molecule has 3 amide bonds. The van der Waals surface area contributed by atoms with Gasteiger partial charge in [-0.3, -0.25) is 19.7 Å². The minimum Gasteiger partial charge on any atom is -0.370 e. The van der Waals surface area contributed by atoms with Gasteiger partial charge in [-0.1, -0.05) is 25.3 Å². The van der Waals surface area contributed by atoms with E-state index in [0.717, 1.165) is 25.7 Å². The van der Waals surface area contributed by atoms with Crippen LogP contribution in [0.1, 0.15) is 54.4 Å². The smallest absolute Gasteiger partial charge is 0.258 e. The predicted octanol–water partition coefficient (Wildman–Crippen LogP) is 3.58. The van der Waals surface area contributed by atoms with Crippen LogP contribution in [0.3, 0.4) is 0 Å². The van der Waals surface area contributed by atoms with Gasteiger partial charge in [0.2, 0.25) is 17.8 Å². The van der Waals surface area contributed by atoms with E-state index in [2.05, 4.69) is 10.3 Å². The lowest BCUT2D eigenvalue weighted by molar-refractivity contribution is -0.123. The topological polar surface area (TPSA) is 134 Å². The molecule has 1 fully saturated rings. The van der Waals surface area contributed by atoms with Crippen LogP contribution >= 0.6 is 0 Å². The summed E-state index contributed by atoms with van der Waals surface area (Å²) in [5.41, 5.74) is 8.07. The third-order valence-electron chi connectivity index (χ3n) is 6.47. The Bertz CT molecular complexity index is 1320. The predicted molar refractivity (Wildman–Crippen MR) is 133 cm³/mol. The number of hydrogen-bond donors (Lipinski definition) is 2. The van der Waals surface area contributed by atoms with Crippen molar-refractivity contribution in [3.05, 3.63) is 53.6 Å². The number of carbonyl (C=O) groups excluding carboxylic acids is 3. The summed E-state index contributed by atoms with van der Waals surface area (Å²) in [6, 6.07) is 13.8. The standard InChI is InChI=1S/C26H28N6O3/c1-31(25(35)18-7-3-2-4-8-18)20-10-11-21-22(15-20)32(13-12-23(28)33)26(29-21)30-24(34)19-9-5-6-17(14-19)16-27/h5-6,9-11,14-15,18H,2-4,7-8,12-13H2,1H3,(H2,28,33)(H,29,30,34). The van der Waals surface area contributed by atoms with Gasteiger partial charge in [-0.25, -0.2) is 4.98 Å². The number of amides is 3. The maximum absolute atomic E-state index is 13.1. The number of anilines is 2. The molecule has 9 nitrogen and oxygen atoms in total. The molecule has 1 saturated carbocycles. The number of rotatable bonds is 7. The van der Waals surface area contributed by atoms with Gasteiger partial charge < -0.3 is 15.2 Å². The summed E-state index contributed by atoms with van der Waals surface area (Å²) >= 11 is 0. The fourth-order valence-electron chi connectivity index (χ4n) is 4.52. The first-order valence-electron chi connectivity index (χ1n) is 11.7. The van der Waals surface area contributed by atoms with E-state index in [9.17, 15) is 14.4 Å². The van der Waals surface area contributed by atoms with Crippen molar-refractivity contribution in [3.8, 4) is 6.07 Å². The van der Waals surface area contributed by atoms with E-state index >= 15 is 0 Å². The summed E-state index contributed by atoms with van der Waals surface area (Å²) in [5.74, 6) is -0.525. The third kappa shape index (κ3) is 5.32. The van der Waals surface area contributed by atoms with Crippen molar-refractivity contribution in [2.75, 3.05) is 17.3 Å². The number of imidazole rings is 1. The zero-order valence-electron chi connectivity index (χ0n) is 19.7. The SMILES string of the molecule is CN(C(=O)C1CCCCC1)c1ccc2nc(NC(=O)c3cccc(C#N)c3)n(CCC(N)=O)c2c1. The quantitative estimate of drug-likeness (QED) is 0.542. The first kappa shape index (κ1) is 24.0. The lowest BCUT2D eigenvalue weighted by Gasteiger charge is -2.26. The van der Waals surface area contributed by atoms with Gasteiger partial charge in [0, 0.05) is 37.2 Å². The number of fused-ring (bicyclic) bond motifs is 1. The van der Waals surface area contributed by atoms with E-state index in [1.54, 1.807) is 40.8 Å². The molecule has 1 aliphatic rings. The van der Waals surface area contributed by atoms with Crippen LogP contribution in [0.2, 0.25) is 0 Å². The van der Waals surface area contributed by atoms with E-state index in [0.29, 0.717) is 27.8 Å². The first-order chi connectivity index (χ1) is 16.9. The van der Waals surface area contributed by atoms with Crippen LogP contribution in [0, 0.1) is 17.2 Å². The highest BCUT2D eigenvalue weighted by atomic mass is 16.2. The maximum atomic E-state index is 13.1. The Morgan fingerprint density at radius 1 is 1.17 bits per heavy atom. The van der Waals surface area contributed by atoms with Crippen molar-refractivity contribution in [3.63, 3.8) is 0 Å². The highest BCUT2D eigenvalue weighted by Gasteiger charge is 2.25. The van der Waals surface area contributed by atoms with E-state index in [-0.39, 0.29) is 30.7 Å². The summed E-state index contributed by atoms with van der Waals surface area (Å²) in [7, 11) is 1.77. The second-order valence-electron chi connectivity index (χ2n) is 8.86. The fraction of sp³-hybridized carbons (Fsp3) is 0.346. The Morgan fingerprint density at radius 3 is 2.66 bits per heavy atom. The van der Waals surface area contributed by atoms with Crippen molar-refractivity contribution >= 4 is 40.4 Å². The van der Waals surface area contributed by atoms with Gasteiger partial charge in [0.05, 0.1) is 22.7 Å². The lowest BCUT2D eigenvalue weighted by atomic mass is 9.88. The van der Waals surface area contributed by atoms with Crippen molar-refractivity contribution in [1.29, 1.82) is 5.26 Å². The van der Waals surface area contributed by atoms with Gasteiger partial charge in [0.15, 0.2) is 0 Å². The Labute approximate surface area is 203 Å².